The quantitative estimate of drug-likeness (QED) is 0.726. The van der Waals surface area contributed by atoms with Crippen molar-refractivity contribution in [1.82, 2.24) is 15.0 Å². The van der Waals surface area contributed by atoms with Gasteiger partial charge in [0.25, 0.3) is 0 Å². The summed E-state index contributed by atoms with van der Waals surface area (Å²) in [5, 5.41) is 8.03. The molecule has 1 atom stereocenters. The molecular weight excluding hydrogens is 168 g/mol. The van der Waals surface area contributed by atoms with Gasteiger partial charge in [-0.15, -0.1) is 5.10 Å². The SMILES string of the molecule is COC(Cn1ncc(N)n1)C1CC1. The molecule has 0 aliphatic heterocycles. The van der Waals surface area contributed by atoms with Gasteiger partial charge in [-0.25, -0.2) is 0 Å². The van der Waals surface area contributed by atoms with Crippen molar-refractivity contribution >= 4 is 5.82 Å². The molecule has 1 aliphatic rings. The van der Waals surface area contributed by atoms with Crippen LogP contribution >= 0.6 is 0 Å². The van der Waals surface area contributed by atoms with Gasteiger partial charge < -0.3 is 10.5 Å². The minimum Gasteiger partial charge on any atom is -0.381 e. The normalized spacial score (nSPS) is 18.8. The van der Waals surface area contributed by atoms with E-state index in [-0.39, 0.29) is 6.10 Å². The first-order valence-corrected chi connectivity index (χ1v) is 4.48. The van der Waals surface area contributed by atoms with Gasteiger partial charge in [-0.1, -0.05) is 0 Å². The highest BCUT2D eigenvalue weighted by Gasteiger charge is 2.31. The number of nitrogens with two attached hydrogens (primary N) is 1. The number of rotatable bonds is 4. The Hall–Kier alpha value is -1.10. The van der Waals surface area contributed by atoms with Crippen molar-refractivity contribution in [3.63, 3.8) is 0 Å². The molecule has 1 aromatic heterocycles. The summed E-state index contributed by atoms with van der Waals surface area (Å²) in [5.74, 6) is 1.16. The third kappa shape index (κ3) is 1.98. The van der Waals surface area contributed by atoms with Gasteiger partial charge in [0, 0.05) is 7.11 Å². The molecule has 1 saturated carbocycles. The fraction of sp³-hybridized carbons (Fsp3) is 0.750. The molecule has 0 spiro atoms. The maximum atomic E-state index is 5.45. The summed E-state index contributed by atoms with van der Waals surface area (Å²) >= 11 is 0. The standard InChI is InChI=1S/C8H14N4O/c1-13-7(6-2-3-6)5-12-10-4-8(9)11-12/h4,6-7H,2-3,5H2,1H3,(H2,9,11). The Morgan fingerprint density at radius 3 is 3.00 bits per heavy atom. The topological polar surface area (TPSA) is 66.0 Å². The first kappa shape index (κ1) is 8.50. The molecule has 2 N–H and O–H groups in total. The van der Waals surface area contributed by atoms with E-state index in [4.69, 9.17) is 10.5 Å². The van der Waals surface area contributed by atoms with Gasteiger partial charge in [-0.2, -0.15) is 9.90 Å². The molecule has 1 heterocycles. The Kier molecular flexibility index (Phi) is 2.18. The number of ether oxygens (including phenoxy) is 1. The number of hydrogen-bond donors (Lipinski definition) is 1. The van der Waals surface area contributed by atoms with Gasteiger partial charge in [0.05, 0.1) is 18.8 Å². The van der Waals surface area contributed by atoms with Gasteiger partial charge in [0.1, 0.15) is 0 Å². The molecule has 0 bridgehead atoms. The van der Waals surface area contributed by atoms with Crippen molar-refractivity contribution in [1.29, 1.82) is 0 Å². The Balaban J connectivity index is 1.95. The van der Waals surface area contributed by atoms with E-state index in [9.17, 15) is 0 Å². The predicted octanol–water partition coefficient (Wildman–Crippen LogP) is 0.285. The molecule has 0 amide bonds. The van der Waals surface area contributed by atoms with Crippen molar-refractivity contribution in [2.24, 2.45) is 5.92 Å². The Morgan fingerprint density at radius 1 is 1.77 bits per heavy atom. The second kappa shape index (κ2) is 3.33. The van der Waals surface area contributed by atoms with Crippen LogP contribution in [0.4, 0.5) is 5.82 Å². The van der Waals surface area contributed by atoms with Crippen LogP contribution in [0.2, 0.25) is 0 Å². The van der Waals surface area contributed by atoms with Gasteiger partial charge in [0.15, 0.2) is 5.82 Å². The lowest BCUT2D eigenvalue weighted by atomic mass is 10.2. The van der Waals surface area contributed by atoms with E-state index in [1.54, 1.807) is 18.1 Å². The third-order valence-corrected chi connectivity index (χ3v) is 2.35. The zero-order chi connectivity index (χ0) is 9.26. The first-order valence-electron chi connectivity index (χ1n) is 4.48. The largest absolute Gasteiger partial charge is 0.381 e. The van der Waals surface area contributed by atoms with Crippen LogP contribution in [0.5, 0.6) is 0 Å². The number of methoxy groups -OCH3 is 1. The van der Waals surface area contributed by atoms with Crippen molar-refractivity contribution in [2.45, 2.75) is 25.5 Å². The lowest BCUT2D eigenvalue weighted by Gasteiger charge is -2.12. The average Bonchev–Trinajstić information content (AvgIpc) is 2.87. The second-order valence-corrected chi connectivity index (χ2v) is 3.44. The maximum absolute atomic E-state index is 5.45. The van der Waals surface area contributed by atoms with Crippen LogP contribution in [-0.4, -0.2) is 28.2 Å². The molecule has 72 valence electrons. The van der Waals surface area contributed by atoms with Crippen molar-refractivity contribution < 1.29 is 4.74 Å². The molecule has 5 nitrogen and oxygen atoms in total. The predicted molar refractivity (Wildman–Crippen MR) is 48.0 cm³/mol. The number of nitrogens with zero attached hydrogens (tertiary/aromatic N) is 3. The monoisotopic (exact) mass is 182 g/mol. The van der Waals surface area contributed by atoms with Crippen molar-refractivity contribution in [3.05, 3.63) is 6.20 Å². The van der Waals surface area contributed by atoms with Crippen molar-refractivity contribution in [2.75, 3.05) is 12.8 Å². The number of aromatic nitrogens is 3. The third-order valence-electron chi connectivity index (χ3n) is 2.35. The highest BCUT2D eigenvalue weighted by molar-refractivity contribution is 5.19. The summed E-state index contributed by atoms with van der Waals surface area (Å²) in [6.07, 6.45) is 4.32. The van der Waals surface area contributed by atoms with Crippen LogP contribution in [0.3, 0.4) is 0 Å². The van der Waals surface area contributed by atoms with Crippen LogP contribution in [0.1, 0.15) is 12.8 Å². The molecule has 2 rings (SSSR count). The van der Waals surface area contributed by atoms with Gasteiger partial charge in [0.2, 0.25) is 0 Å². The van der Waals surface area contributed by atoms with Crippen LogP contribution in [0.25, 0.3) is 0 Å². The molecule has 13 heavy (non-hydrogen) atoms. The van der Waals surface area contributed by atoms with E-state index in [2.05, 4.69) is 10.2 Å². The van der Waals surface area contributed by atoms with Crippen LogP contribution < -0.4 is 5.73 Å². The van der Waals surface area contributed by atoms with E-state index in [1.807, 2.05) is 0 Å². The Morgan fingerprint density at radius 2 is 2.54 bits per heavy atom. The average molecular weight is 182 g/mol. The number of anilines is 1. The maximum Gasteiger partial charge on any atom is 0.165 e. The van der Waals surface area contributed by atoms with E-state index in [0.29, 0.717) is 18.3 Å². The van der Waals surface area contributed by atoms with Gasteiger partial charge in [-0.3, -0.25) is 0 Å². The smallest absolute Gasteiger partial charge is 0.165 e. The van der Waals surface area contributed by atoms with Crippen LogP contribution in [0, 0.1) is 5.92 Å². The molecule has 1 aliphatic carbocycles. The van der Waals surface area contributed by atoms with E-state index in [1.165, 1.54) is 12.8 Å². The summed E-state index contributed by atoms with van der Waals surface area (Å²) in [5.41, 5.74) is 5.45. The molecular formula is C8H14N4O. The molecule has 1 unspecified atom stereocenters. The van der Waals surface area contributed by atoms with Crippen LogP contribution in [-0.2, 0) is 11.3 Å². The first-order chi connectivity index (χ1) is 6.29. The molecule has 0 radical (unpaired) electrons. The highest BCUT2D eigenvalue weighted by atomic mass is 16.5. The van der Waals surface area contributed by atoms with Gasteiger partial charge in [-0.05, 0) is 18.8 Å². The van der Waals surface area contributed by atoms with Crippen LogP contribution in [0.15, 0.2) is 6.20 Å². The van der Waals surface area contributed by atoms with Crippen molar-refractivity contribution in [3.8, 4) is 0 Å². The summed E-state index contributed by atoms with van der Waals surface area (Å²) in [7, 11) is 1.73. The number of nitrogen functional groups attached to an aromatic ring is 1. The lowest BCUT2D eigenvalue weighted by Crippen LogP contribution is -2.22. The molecule has 1 fully saturated rings. The van der Waals surface area contributed by atoms with E-state index >= 15 is 0 Å². The summed E-state index contributed by atoms with van der Waals surface area (Å²) in [6.45, 7) is 0.707. The molecule has 1 aromatic rings. The minimum atomic E-state index is 0.242. The Bertz CT molecular complexity index is 281. The van der Waals surface area contributed by atoms with E-state index < -0.39 is 0 Å². The zero-order valence-electron chi connectivity index (χ0n) is 7.68. The lowest BCUT2D eigenvalue weighted by molar-refractivity contribution is 0.0633. The Labute approximate surface area is 76.9 Å². The van der Waals surface area contributed by atoms with E-state index in [0.717, 1.165) is 0 Å². The second-order valence-electron chi connectivity index (χ2n) is 3.44. The minimum absolute atomic E-state index is 0.242. The molecule has 0 saturated heterocycles. The fourth-order valence-electron chi connectivity index (χ4n) is 1.44. The van der Waals surface area contributed by atoms with Gasteiger partial charge >= 0.3 is 0 Å². The zero-order valence-corrected chi connectivity index (χ0v) is 7.68. The highest BCUT2D eigenvalue weighted by Crippen LogP contribution is 2.34. The molecule has 5 heteroatoms. The number of hydrogen-bond acceptors (Lipinski definition) is 4. The summed E-state index contributed by atoms with van der Waals surface area (Å²) in [4.78, 5) is 1.60. The summed E-state index contributed by atoms with van der Waals surface area (Å²) in [6, 6.07) is 0. The summed E-state index contributed by atoms with van der Waals surface area (Å²) < 4.78 is 5.35. The fourth-order valence-corrected chi connectivity index (χ4v) is 1.44. The molecule has 0 aromatic carbocycles.